The lowest BCUT2D eigenvalue weighted by Gasteiger charge is -2.14. The van der Waals surface area contributed by atoms with Gasteiger partial charge in [-0.15, -0.1) is 0 Å². The summed E-state index contributed by atoms with van der Waals surface area (Å²) < 4.78 is 0. The van der Waals surface area contributed by atoms with E-state index in [2.05, 4.69) is 5.32 Å². The lowest BCUT2D eigenvalue weighted by Crippen LogP contribution is -2.21. The summed E-state index contributed by atoms with van der Waals surface area (Å²) in [5, 5.41) is 2.82. The van der Waals surface area contributed by atoms with Gasteiger partial charge in [0.05, 0.1) is 5.92 Å². The van der Waals surface area contributed by atoms with Crippen molar-refractivity contribution >= 4 is 17.5 Å². The van der Waals surface area contributed by atoms with Crippen molar-refractivity contribution in [3.8, 4) is 0 Å². The number of carbonyl (C=O) groups is 2. The molecule has 1 atom stereocenters. The first-order valence-corrected chi connectivity index (χ1v) is 6.34. The predicted molar refractivity (Wildman–Crippen MR) is 78.4 cm³/mol. The van der Waals surface area contributed by atoms with Crippen LogP contribution in [0, 0.1) is 0 Å². The molecule has 0 saturated carbocycles. The van der Waals surface area contributed by atoms with Gasteiger partial charge < -0.3 is 11.1 Å². The molecular formula is C16H16N2O2. The van der Waals surface area contributed by atoms with Crippen LogP contribution in [0.4, 0.5) is 5.69 Å². The summed E-state index contributed by atoms with van der Waals surface area (Å²) in [6, 6.07) is 16.1. The molecule has 4 nitrogen and oxygen atoms in total. The number of benzene rings is 2. The van der Waals surface area contributed by atoms with Gasteiger partial charge in [-0.2, -0.15) is 0 Å². The lowest BCUT2D eigenvalue weighted by molar-refractivity contribution is -0.119. The molecular weight excluding hydrogens is 252 g/mol. The number of para-hydroxylation sites is 1. The van der Waals surface area contributed by atoms with Gasteiger partial charge >= 0.3 is 0 Å². The third-order valence-corrected chi connectivity index (χ3v) is 3.14. The average Bonchev–Trinajstić information content (AvgIpc) is 2.48. The highest BCUT2D eigenvalue weighted by molar-refractivity contribution is 6.05. The van der Waals surface area contributed by atoms with E-state index in [1.807, 2.05) is 12.1 Å². The molecule has 20 heavy (non-hydrogen) atoms. The molecule has 0 radical (unpaired) electrons. The lowest BCUT2D eigenvalue weighted by atomic mass is 9.98. The van der Waals surface area contributed by atoms with Gasteiger partial charge in [0, 0.05) is 11.3 Å². The van der Waals surface area contributed by atoms with E-state index in [4.69, 9.17) is 5.73 Å². The molecule has 2 rings (SSSR count). The van der Waals surface area contributed by atoms with Crippen LogP contribution in [-0.2, 0) is 4.79 Å². The van der Waals surface area contributed by atoms with Crippen LogP contribution in [0.25, 0.3) is 0 Å². The van der Waals surface area contributed by atoms with E-state index in [1.165, 1.54) is 0 Å². The van der Waals surface area contributed by atoms with Crippen LogP contribution in [-0.4, -0.2) is 11.8 Å². The highest BCUT2D eigenvalue weighted by Crippen LogP contribution is 2.24. The fraction of sp³-hybridized carbons (Fsp3) is 0.125. The summed E-state index contributed by atoms with van der Waals surface area (Å²) in [5.41, 5.74) is 7.21. The minimum atomic E-state index is -0.456. The van der Waals surface area contributed by atoms with Gasteiger partial charge in [0.2, 0.25) is 5.91 Å². The Morgan fingerprint density at radius 3 is 2.25 bits per heavy atom. The molecule has 0 spiro atoms. The Hall–Kier alpha value is -2.62. The first kappa shape index (κ1) is 13.8. The summed E-state index contributed by atoms with van der Waals surface area (Å²) >= 11 is 0. The smallest absolute Gasteiger partial charge is 0.255 e. The quantitative estimate of drug-likeness (QED) is 0.894. The van der Waals surface area contributed by atoms with E-state index in [1.54, 1.807) is 49.4 Å². The highest BCUT2D eigenvalue weighted by Gasteiger charge is 2.16. The number of nitrogens with one attached hydrogen (secondary N) is 1. The number of nitrogens with two attached hydrogens (primary N) is 1. The molecule has 0 aliphatic carbocycles. The number of hydrogen-bond donors (Lipinski definition) is 2. The third-order valence-electron chi connectivity index (χ3n) is 3.14. The number of amides is 2. The molecule has 102 valence electrons. The van der Waals surface area contributed by atoms with Crippen LogP contribution < -0.4 is 11.1 Å². The maximum atomic E-state index is 12.1. The van der Waals surface area contributed by atoms with Crippen molar-refractivity contribution in [2.24, 2.45) is 5.73 Å². The van der Waals surface area contributed by atoms with Gasteiger partial charge in [0.15, 0.2) is 0 Å². The molecule has 0 bridgehead atoms. The monoisotopic (exact) mass is 268 g/mol. The van der Waals surface area contributed by atoms with E-state index in [0.717, 1.165) is 0 Å². The number of hydrogen-bond acceptors (Lipinski definition) is 2. The first-order chi connectivity index (χ1) is 9.59. The van der Waals surface area contributed by atoms with Crippen LogP contribution in [0.1, 0.15) is 28.8 Å². The van der Waals surface area contributed by atoms with Gasteiger partial charge in [-0.3, -0.25) is 9.59 Å². The predicted octanol–water partition coefficient (Wildman–Crippen LogP) is 2.53. The SMILES string of the molecule is CC(C(N)=O)c1ccccc1NC(=O)c1ccccc1. The molecule has 0 fully saturated rings. The molecule has 1 unspecified atom stereocenters. The molecule has 0 aromatic heterocycles. The van der Waals surface area contributed by atoms with E-state index in [0.29, 0.717) is 16.8 Å². The summed E-state index contributed by atoms with van der Waals surface area (Å²) in [7, 11) is 0. The Labute approximate surface area is 117 Å². The fourth-order valence-electron chi connectivity index (χ4n) is 1.93. The van der Waals surface area contributed by atoms with E-state index in [-0.39, 0.29) is 5.91 Å². The van der Waals surface area contributed by atoms with Gasteiger partial charge in [0.25, 0.3) is 5.91 Å². The molecule has 0 aliphatic rings. The topological polar surface area (TPSA) is 72.2 Å². The fourth-order valence-corrected chi connectivity index (χ4v) is 1.93. The molecule has 2 aromatic rings. The van der Waals surface area contributed by atoms with Crippen molar-refractivity contribution in [1.29, 1.82) is 0 Å². The Bertz CT molecular complexity index is 623. The number of anilines is 1. The zero-order valence-electron chi connectivity index (χ0n) is 11.2. The molecule has 0 saturated heterocycles. The normalized spacial score (nSPS) is 11.7. The van der Waals surface area contributed by atoms with Crippen LogP contribution in [0.2, 0.25) is 0 Å². The third kappa shape index (κ3) is 3.03. The van der Waals surface area contributed by atoms with Gasteiger partial charge in [-0.05, 0) is 30.7 Å². The molecule has 0 aliphatic heterocycles. The molecule has 0 heterocycles. The molecule has 2 amide bonds. The molecule has 2 aromatic carbocycles. The number of rotatable bonds is 4. The van der Waals surface area contributed by atoms with E-state index < -0.39 is 11.8 Å². The Balaban J connectivity index is 2.26. The van der Waals surface area contributed by atoms with Crippen molar-refractivity contribution in [2.45, 2.75) is 12.8 Å². The number of carbonyl (C=O) groups excluding carboxylic acids is 2. The van der Waals surface area contributed by atoms with Crippen molar-refractivity contribution in [2.75, 3.05) is 5.32 Å². The standard InChI is InChI=1S/C16H16N2O2/c1-11(15(17)19)13-9-5-6-10-14(13)18-16(20)12-7-3-2-4-8-12/h2-11H,1H3,(H2,17,19)(H,18,20). The Morgan fingerprint density at radius 1 is 1.00 bits per heavy atom. The molecule has 3 N–H and O–H groups in total. The van der Waals surface area contributed by atoms with Crippen LogP contribution in [0.15, 0.2) is 54.6 Å². The second-order valence-electron chi connectivity index (χ2n) is 4.53. The maximum Gasteiger partial charge on any atom is 0.255 e. The summed E-state index contributed by atoms with van der Waals surface area (Å²) in [5.74, 6) is -1.09. The maximum absolute atomic E-state index is 12.1. The van der Waals surface area contributed by atoms with Crippen LogP contribution >= 0.6 is 0 Å². The van der Waals surface area contributed by atoms with Crippen LogP contribution in [0.5, 0.6) is 0 Å². The van der Waals surface area contributed by atoms with Crippen molar-refractivity contribution in [3.63, 3.8) is 0 Å². The first-order valence-electron chi connectivity index (χ1n) is 6.34. The summed E-state index contributed by atoms with van der Waals surface area (Å²) in [6.07, 6.45) is 0. The average molecular weight is 268 g/mol. The number of primary amides is 1. The Kier molecular flexibility index (Phi) is 4.15. The van der Waals surface area contributed by atoms with Gasteiger partial charge in [-0.25, -0.2) is 0 Å². The Morgan fingerprint density at radius 2 is 1.60 bits per heavy atom. The molecule has 4 heteroatoms. The largest absolute Gasteiger partial charge is 0.369 e. The summed E-state index contributed by atoms with van der Waals surface area (Å²) in [6.45, 7) is 1.72. The van der Waals surface area contributed by atoms with E-state index >= 15 is 0 Å². The van der Waals surface area contributed by atoms with Crippen LogP contribution in [0.3, 0.4) is 0 Å². The second-order valence-corrected chi connectivity index (χ2v) is 4.53. The van der Waals surface area contributed by atoms with Crippen molar-refractivity contribution < 1.29 is 9.59 Å². The summed E-state index contributed by atoms with van der Waals surface area (Å²) in [4.78, 5) is 23.4. The van der Waals surface area contributed by atoms with Gasteiger partial charge in [0.1, 0.15) is 0 Å². The zero-order valence-corrected chi connectivity index (χ0v) is 11.2. The van der Waals surface area contributed by atoms with E-state index in [9.17, 15) is 9.59 Å². The minimum absolute atomic E-state index is 0.213. The van der Waals surface area contributed by atoms with Crippen molar-refractivity contribution in [3.05, 3.63) is 65.7 Å². The van der Waals surface area contributed by atoms with Crippen molar-refractivity contribution in [1.82, 2.24) is 0 Å². The zero-order chi connectivity index (χ0) is 14.5. The minimum Gasteiger partial charge on any atom is -0.369 e. The second kappa shape index (κ2) is 6.02. The highest BCUT2D eigenvalue weighted by atomic mass is 16.2. The van der Waals surface area contributed by atoms with Gasteiger partial charge in [-0.1, -0.05) is 36.4 Å².